The van der Waals surface area contributed by atoms with Crippen molar-refractivity contribution in [2.75, 3.05) is 13.2 Å². The van der Waals surface area contributed by atoms with E-state index in [2.05, 4.69) is 5.10 Å². The molecule has 0 bridgehead atoms. The largest absolute Gasteiger partial charge is 0.477 e. The first-order valence-electron chi connectivity index (χ1n) is 6.60. The van der Waals surface area contributed by atoms with Gasteiger partial charge in [0, 0.05) is 26.0 Å². The molecule has 0 unspecified atom stereocenters. The van der Waals surface area contributed by atoms with Crippen molar-refractivity contribution in [2.45, 2.75) is 38.6 Å². The maximum Gasteiger partial charge on any atom is 0.354 e. The predicted octanol–water partition coefficient (Wildman–Crippen LogP) is 2.18. The summed E-state index contributed by atoms with van der Waals surface area (Å²) in [5.74, 6) is -0.118. The van der Waals surface area contributed by atoms with Gasteiger partial charge in [0.2, 0.25) is 0 Å². The standard InChI is InChI=1S/C13H20N2O3/c16-13(17)12-4-7-14-15(12)8-2-1-3-11-5-9-18-10-6-11/h4,7,11H,1-3,5-6,8-10H2,(H,16,17). The molecule has 0 atom stereocenters. The molecule has 0 saturated carbocycles. The number of aromatic carboxylic acids is 1. The number of unbranched alkanes of at least 4 members (excludes halogenated alkanes) is 1. The highest BCUT2D eigenvalue weighted by molar-refractivity contribution is 5.85. The molecule has 0 radical (unpaired) electrons. The second-order valence-electron chi connectivity index (χ2n) is 4.80. The third-order valence-corrected chi connectivity index (χ3v) is 3.51. The number of nitrogens with zero attached hydrogens (tertiary/aromatic N) is 2. The van der Waals surface area contributed by atoms with Gasteiger partial charge in [-0.2, -0.15) is 5.10 Å². The highest BCUT2D eigenvalue weighted by Gasteiger charge is 2.13. The summed E-state index contributed by atoms with van der Waals surface area (Å²) in [6.07, 6.45) is 7.21. The minimum absolute atomic E-state index is 0.279. The molecule has 5 nitrogen and oxygen atoms in total. The Hall–Kier alpha value is -1.36. The Kier molecular flexibility index (Phi) is 4.75. The molecular formula is C13H20N2O3. The van der Waals surface area contributed by atoms with Gasteiger partial charge >= 0.3 is 5.97 Å². The van der Waals surface area contributed by atoms with E-state index in [0.717, 1.165) is 32.0 Å². The van der Waals surface area contributed by atoms with Crippen LogP contribution in [0.2, 0.25) is 0 Å². The second-order valence-corrected chi connectivity index (χ2v) is 4.80. The predicted molar refractivity (Wildman–Crippen MR) is 66.6 cm³/mol. The number of ether oxygens (including phenoxy) is 1. The van der Waals surface area contributed by atoms with Gasteiger partial charge in [-0.1, -0.05) is 12.8 Å². The molecule has 0 amide bonds. The van der Waals surface area contributed by atoms with E-state index in [-0.39, 0.29) is 5.69 Å². The van der Waals surface area contributed by atoms with Crippen molar-refractivity contribution < 1.29 is 14.6 Å². The summed E-state index contributed by atoms with van der Waals surface area (Å²) in [4.78, 5) is 10.9. The number of carboxylic acids is 1. The van der Waals surface area contributed by atoms with Gasteiger partial charge in [-0.25, -0.2) is 4.79 Å². The van der Waals surface area contributed by atoms with E-state index in [1.165, 1.54) is 19.3 Å². The zero-order valence-corrected chi connectivity index (χ0v) is 10.5. The molecule has 1 aliphatic rings. The molecular weight excluding hydrogens is 232 g/mol. The van der Waals surface area contributed by atoms with E-state index in [1.54, 1.807) is 16.9 Å². The molecule has 1 fully saturated rings. The summed E-state index contributed by atoms with van der Waals surface area (Å²) in [6, 6.07) is 1.54. The lowest BCUT2D eigenvalue weighted by molar-refractivity contribution is 0.0628. The van der Waals surface area contributed by atoms with Crippen LogP contribution in [0, 0.1) is 5.92 Å². The minimum Gasteiger partial charge on any atom is -0.477 e. The number of aryl methyl sites for hydroxylation is 1. The maximum atomic E-state index is 10.9. The highest BCUT2D eigenvalue weighted by atomic mass is 16.5. The van der Waals surface area contributed by atoms with Crippen LogP contribution in [-0.4, -0.2) is 34.1 Å². The zero-order valence-electron chi connectivity index (χ0n) is 10.5. The maximum absolute atomic E-state index is 10.9. The van der Waals surface area contributed by atoms with Crippen LogP contribution in [0.15, 0.2) is 12.3 Å². The van der Waals surface area contributed by atoms with Gasteiger partial charge in [0.15, 0.2) is 0 Å². The summed E-state index contributed by atoms with van der Waals surface area (Å²) < 4.78 is 6.90. The van der Waals surface area contributed by atoms with Crippen molar-refractivity contribution in [1.82, 2.24) is 9.78 Å². The summed E-state index contributed by atoms with van der Waals surface area (Å²) >= 11 is 0. The number of aromatic nitrogens is 2. The highest BCUT2D eigenvalue weighted by Crippen LogP contribution is 2.20. The van der Waals surface area contributed by atoms with E-state index in [4.69, 9.17) is 9.84 Å². The van der Waals surface area contributed by atoms with Gasteiger partial charge < -0.3 is 9.84 Å². The van der Waals surface area contributed by atoms with Crippen LogP contribution in [0.25, 0.3) is 0 Å². The molecule has 1 N–H and O–H groups in total. The SMILES string of the molecule is O=C(O)c1ccnn1CCCCC1CCOCC1. The quantitative estimate of drug-likeness (QED) is 0.788. The molecule has 18 heavy (non-hydrogen) atoms. The summed E-state index contributed by atoms with van der Waals surface area (Å²) in [7, 11) is 0. The first-order valence-corrected chi connectivity index (χ1v) is 6.60. The fourth-order valence-electron chi connectivity index (χ4n) is 2.42. The van der Waals surface area contributed by atoms with Crippen LogP contribution in [0.3, 0.4) is 0 Å². The van der Waals surface area contributed by atoms with Gasteiger partial charge in [0.25, 0.3) is 0 Å². The number of carboxylic acid groups (broad SMARTS) is 1. The van der Waals surface area contributed by atoms with Crippen molar-refractivity contribution in [3.05, 3.63) is 18.0 Å². The van der Waals surface area contributed by atoms with Gasteiger partial charge in [-0.05, 0) is 31.2 Å². The van der Waals surface area contributed by atoms with Gasteiger partial charge in [0.1, 0.15) is 5.69 Å². The van der Waals surface area contributed by atoms with E-state index in [9.17, 15) is 4.79 Å². The van der Waals surface area contributed by atoms with Crippen LogP contribution >= 0.6 is 0 Å². The van der Waals surface area contributed by atoms with Crippen LogP contribution in [-0.2, 0) is 11.3 Å². The van der Waals surface area contributed by atoms with Crippen molar-refractivity contribution >= 4 is 5.97 Å². The first-order chi connectivity index (χ1) is 8.77. The Morgan fingerprint density at radius 3 is 2.94 bits per heavy atom. The zero-order chi connectivity index (χ0) is 12.8. The molecule has 1 saturated heterocycles. The van der Waals surface area contributed by atoms with Crippen LogP contribution in [0.5, 0.6) is 0 Å². The fraction of sp³-hybridized carbons (Fsp3) is 0.692. The molecule has 2 rings (SSSR count). The van der Waals surface area contributed by atoms with Crippen molar-refractivity contribution in [3.63, 3.8) is 0 Å². The van der Waals surface area contributed by atoms with E-state index in [0.29, 0.717) is 6.54 Å². The molecule has 5 heteroatoms. The monoisotopic (exact) mass is 252 g/mol. The smallest absolute Gasteiger partial charge is 0.354 e. The minimum atomic E-state index is -0.906. The number of rotatable bonds is 6. The van der Waals surface area contributed by atoms with Gasteiger partial charge in [-0.15, -0.1) is 0 Å². The lowest BCUT2D eigenvalue weighted by Crippen LogP contribution is -2.16. The molecule has 0 aliphatic carbocycles. The summed E-state index contributed by atoms with van der Waals surface area (Å²) in [6.45, 7) is 2.48. The van der Waals surface area contributed by atoms with Crippen molar-refractivity contribution in [2.24, 2.45) is 5.92 Å². The molecule has 0 aromatic carbocycles. The molecule has 2 heterocycles. The number of carbonyl (C=O) groups is 1. The fourth-order valence-corrected chi connectivity index (χ4v) is 2.42. The van der Waals surface area contributed by atoms with Gasteiger partial charge in [-0.3, -0.25) is 4.68 Å². The Morgan fingerprint density at radius 1 is 1.44 bits per heavy atom. The van der Waals surface area contributed by atoms with Crippen molar-refractivity contribution in [1.29, 1.82) is 0 Å². The molecule has 1 aromatic heterocycles. The Bertz CT molecular complexity index is 383. The normalized spacial score (nSPS) is 16.9. The van der Waals surface area contributed by atoms with Gasteiger partial charge in [0.05, 0.1) is 0 Å². The van der Waals surface area contributed by atoms with E-state index < -0.39 is 5.97 Å². The Balaban J connectivity index is 1.68. The topological polar surface area (TPSA) is 64.3 Å². The van der Waals surface area contributed by atoms with Crippen LogP contribution < -0.4 is 0 Å². The molecule has 1 aliphatic heterocycles. The third kappa shape index (κ3) is 3.57. The average Bonchev–Trinajstić information content (AvgIpc) is 2.84. The molecule has 100 valence electrons. The van der Waals surface area contributed by atoms with E-state index in [1.807, 2.05) is 0 Å². The number of hydrogen-bond donors (Lipinski definition) is 1. The summed E-state index contributed by atoms with van der Waals surface area (Å²) in [5, 5.41) is 13.0. The first kappa shape index (κ1) is 13.1. The Labute approximate surface area is 107 Å². The number of hydrogen-bond acceptors (Lipinski definition) is 3. The Morgan fingerprint density at radius 2 is 2.22 bits per heavy atom. The lowest BCUT2D eigenvalue weighted by atomic mass is 9.94. The average molecular weight is 252 g/mol. The second kappa shape index (κ2) is 6.54. The van der Waals surface area contributed by atoms with Crippen LogP contribution in [0.4, 0.5) is 0 Å². The van der Waals surface area contributed by atoms with Crippen LogP contribution in [0.1, 0.15) is 42.6 Å². The molecule has 0 spiro atoms. The lowest BCUT2D eigenvalue weighted by Gasteiger charge is -2.21. The molecule has 1 aromatic rings. The van der Waals surface area contributed by atoms with Crippen molar-refractivity contribution in [3.8, 4) is 0 Å². The third-order valence-electron chi connectivity index (χ3n) is 3.51. The van der Waals surface area contributed by atoms with E-state index >= 15 is 0 Å². The summed E-state index contributed by atoms with van der Waals surface area (Å²) in [5.41, 5.74) is 0.279.